The SMILES string of the molecule is CN(C)C(=O)c1ccc(NC2CCC(Oc3cc(N4CCOCC4)cc4nccnc34)CC2)nc1.COC(=O)c1ccc(NC2CCC(Oc3cc(N4CCOCC4)cc4nccnc34)CC2)nc1.O=C(NC1CCC(Oc2cc(N3CCOCC3)cc3nccnc23)CC1)c1ncc[nH]1.c1cnc2c(OC3CCC(Nc4ncc(N5CCOCC5)cn4)CC3)cc(N3CCOCC3)cc2n1. The Labute approximate surface area is 789 Å². The van der Waals surface area contributed by atoms with Gasteiger partial charge in [-0.05, 0) is 151 Å². The molecule has 4 aliphatic carbocycles. The zero-order chi connectivity index (χ0) is 92.7. The highest BCUT2D eigenvalue weighted by atomic mass is 16.5. The van der Waals surface area contributed by atoms with Crippen molar-refractivity contribution >= 4 is 108 Å². The number of hydrogen-bond acceptors (Lipinski definition) is 34. The van der Waals surface area contributed by atoms with Crippen LogP contribution in [0, 0.1) is 0 Å². The van der Waals surface area contributed by atoms with Gasteiger partial charge in [-0.3, -0.25) is 29.5 Å². The average molecular weight is 1850 g/mol. The second kappa shape index (κ2) is 45.8. The van der Waals surface area contributed by atoms with E-state index in [0.29, 0.717) is 41.0 Å². The van der Waals surface area contributed by atoms with Gasteiger partial charge in [-0.2, -0.15) is 0 Å². The fourth-order valence-electron chi connectivity index (χ4n) is 18.7. The van der Waals surface area contributed by atoms with E-state index in [2.05, 4.69) is 164 Å². The van der Waals surface area contributed by atoms with Crippen LogP contribution in [0.2, 0.25) is 0 Å². The number of H-pyrrole nitrogens is 1. The lowest BCUT2D eigenvalue weighted by Gasteiger charge is -2.31. The van der Waals surface area contributed by atoms with E-state index < -0.39 is 0 Å². The third-order valence-electron chi connectivity index (χ3n) is 26.2. The van der Waals surface area contributed by atoms with Gasteiger partial charge in [-0.25, -0.2) is 49.7 Å². The number of benzene rings is 4. The van der Waals surface area contributed by atoms with Crippen LogP contribution in [-0.2, 0) is 28.4 Å². The van der Waals surface area contributed by atoms with Gasteiger partial charge >= 0.3 is 5.97 Å². The van der Waals surface area contributed by atoms with Crippen LogP contribution in [0.25, 0.3) is 44.1 Å². The molecule has 5 saturated heterocycles. The summed E-state index contributed by atoms with van der Waals surface area (Å²) >= 11 is 0. The fourth-order valence-corrected chi connectivity index (χ4v) is 18.7. The molecular formula is C99H120N24O13. The molecule has 9 aliphatic rings. The zero-order valence-electron chi connectivity index (χ0n) is 77.4. The van der Waals surface area contributed by atoms with Crippen LogP contribution in [0.4, 0.5) is 46.0 Å². The third kappa shape index (κ3) is 24.5. The molecule has 714 valence electrons. The molecule has 0 atom stereocenters. The summed E-state index contributed by atoms with van der Waals surface area (Å²) < 4.78 is 58.2. The molecule has 21 rings (SSSR count). The van der Waals surface area contributed by atoms with Crippen molar-refractivity contribution in [2.24, 2.45) is 0 Å². The number of imidazole rings is 1. The van der Waals surface area contributed by atoms with Crippen LogP contribution in [0.15, 0.2) is 160 Å². The predicted octanol–water partition coefficient (Wildman–Crippen LogP) is 12.0. The lowest BCUT2D eigenvalue weighted by atomic mass is 9.93. The smallest absolute Gasteiger partial charge is 0.339 e. The summed E-state index contributed by atoms with van der Waals surface area (Å²) in [4.78, 5) is 110. The molecular weight excluding hydrogens is 1730 g/mol. The van der Waals surface area contributed by atoms with E-state index in [1.807, 2.05) is 30.6 Å². The van der Waals surface area contributed by atoms with Crippen LogP contribution >= 0.6 is 0 Å². The van der Waals surface area contributed by atoms with Gasteiger partial charge in [-0.15, -0.1) is 0 Å². The number of aromatic amines is 1. The van der Waals surface area contributed by atoms with Crippen LogP contribution in [0.3, 0.4) is 0 Å². The fraction of sp³-hybridized carbons (Fsp3) is 0.475. The molecule has 8 aromatic heterocycles. The number of rotatable bonds is 23. The second-order valence-corrected chi connectivity index (χ2v) is 35.5. The number of pyridine rings is 2. The molecule has 0 unspecified atom stereocenters. The summed E-state index contributed by atoms with van der Waals surface area (Å²) in [5.41, 5.74) is 13.1. The van der Waals surface area contributed by atoms with Crippen molar-refractivity contribution in [3.8, 4) is 23.0 Å². The van der Waals surface area contributed by atoms with Gasteiger partial charge in [0.05, 0.1) is 149 Å². The molecule has 2 amide bonds. The van der Waals surface area contributed by atoms with Gasteiger partial charge in [0, 0.05) is 225 Å². The molecule has 136 heavy (non-hydrogen) atoms. The maximum atomic E-state index is 12.2. The molecule has 12 aromatic rings. The lowest BCUT2D eigenvalue weighted by molar-refractivity contribution is 0.0599. The van der Waals surface area contributed by atoms with Crippen molar-refractivity contribution in [1.29, 1.82) is 0 Å². The van der Waals surface area contributed by atoms with Gasteiger partial charge in [0.25, 0.3) is 11.8 Å². The highest BCUT2D eigenvalue weighted by molar-refractivity contribution is 5.94. The van der Waals surface area contributed by atoms with Crippen molar-refractivity contribution in [2.75, 3.05) is 193 Å². The first-order valence-electron chi connectivity index (χ1n) is 47.8. The number of amides is 2. The minimum Gasteiger partial charge on any atom is -0.488 e. The van der Waals surface area contributed by atoms with Crippen molar-refractivity contribution < 1.29 is 61.8 Å². The number of methoxy groups -OCH3 is 1. The third-order valence-corrected chi connectivity index (χ3v) is 26.2. The van der Waals surface area contributed by atoms with Gasteiger partial charge in [0.15, 0.2) is 5.82 Å². The van der Waals surface area contributed by atoms with Crippen LogP contribution in [0.5, 0.6) is 23.0 Å². The van der Waals surface area contributed by atoms with E-state index in [0.717, 1.165) is 341 Å². The Morgan fingerprint density at radius 1 is 0.346 bits per heavy atom. The first-order chi connectivity index (χ1) is 66.8. The highest BCUT2D eigenvalue weighted by Gasteiger charge is 2.32. The number of carbonyl (C=O) groups excluding carboxylic acids is 3. The van der Waals surface area contributed by atoms with Gasteiger partial charge in [0.1, 0.15) is 56.7 Å². The largest absolute Gasteiger partial charge is 0.488 e. The predicted molar refractivity (Wildman–Crippen MR) is 517 cm³/mol. The molecule has 9 fully saturated rings. The van der Waals surface area contributed by atoms with Crippen molar-refractivity contribution in [3.63, 3.8) is 0 Å². The number of fused-ring (bicyclic) bond motifs is 4. The van der Waals surface area contributed by atoms with E-state index in [1.54, 1.807) is 93.2 Å². The van der Waals surface area contributed by atoms with Gasteiger partial charge in [0.2, 0.25) is 5.95 Å². The standard InChI is InChI=1S/C26H33N7O3.C26H32N6O3.C25H29N5O4.C22H26N6O3/c1-3-22(4-2-19(1)31-26-29-17-21(18-30-26)33-9-13-35-14-10-33)36-24-16-20(32-7-11-34-12-8-32)15-23-25(24)28-6-5-27-23;1-31(2)26(33)18-3-8-24(29-17-18)30-19-4-6-21(7-5-19)35-23-16-20(32-11-13-34-14-12-32)15-22-25(23)28-10-9-27-22;1-32-25(31)17-2-7-23(28-16-17)29-18-3-5-20(6-4-18)34-22-15-19(30-10-12-33-13-11-30)14-21-24(22)27-9-8-26-21;29-22(21-25-7-8-26-21)27-15-1-3-17(4-2-15)31-19-14-16(28-9-11-30-12-10-28)13-18-20(19)24-6-5-23-18/h5-6,15-19,22H,1-4,7-14H2,(H,29,30,31);3,8-10,15-17,19,21H,4-7,11-14H2,1-2H3,(H,29,30);2,7-9,14-16,18,20H,3-6,10-13H2,1H3,(H,28,29);5-8,13-15,17H,1-4,9-12H2,(H,25,26)(H,27,29). The zero-order valence-corrected chi connectivity index (χ0v) is 77.4. The number of hydrogen-bond donors (Lipinski definition) is 5. The van der Waals surface area contributed by atoms with E-state index in [1.165, 1.54) is 13.3 Å². The van der Waals surface area contributed by atoms with E-state index >= 15 is 0 Å². The second-order valence-electron chi connectivity index (χ2n) is 35.5. The number of esters is 1. The summed E-state index contributed by atoms with van der Waals surface area (Å²) in [6, 6.07) is 25.1. The summed E-state index contributed by atoms with van der Waals surface area (Å²) in [5.74, 6) is 5.20. The molecule has 4 aromatic carbocycles. The molecule has 37 nitrogen and oxygen atoms in total. The summed E-state index contributed by atoms with van der Waals surface area (Å²) in [6.45, 7) is 16.0. The monoisotopic (exact) mass is 1850 g/mol. The number of nitrogens with zero attached hydrogens (tertiary/aromatic N) is 19. The Kier molecular flexibility index (Phi) is 31.3. The molecule has 0 bridgehead atoms. The molecule has 13 heterocycles. The number of carbonyl (C=O) groups is 3. The maximum absolute atomic E-state index is 12.2. The topological polar surface area (TPSA) is 394 Å². The lowest BCUT2D eigenvalue weighted by Crippen LogP contribution is -2.40. The van der Waals surface area contributed by atoms with Crippen molar-refractivity contribution in [1.82, 2.24) is 80.0 Å². The van der Waals surface area contributed by atoms with Crippen molar-refractivity contribution in [2.45, 2.75) is 151 Å². The van der Waals surface area contributed by atoms with Gasteiger partial charge in [-0.1, -0.05) is 0 Å². The van der Waals surface area contributed by atoms with Crippen LogP contribution in [-0.4, -0.2) is 294 Å². The Balaban J connectivity index is 0.000000121. The molecule has 37 heteroatoms. The van der Waals surface area contributed by atoms with E-state index in [-0.39, 0.29) is 48.2 Å². The Morgan fingerprint density at radius 2 is 0.662 bits per heavy atom. The number of aromatic nitrogens is 14. The van der Waals surface area contributed by atoms with Gasteiger partial charge < -0.3 is 103 Å². The molecule has 4 saturated carbocycles. The average Bonchev–Trinajstić information content (AvgIpc) is 0.999. The van der Waals surface area contributed by atoms with Crippen LogP contribution in [0.1, 0.15) is 134 Å². The van der Waals surface area contributed by atoms with E-state index in [9.17, 15) is 14.4 Å². The summed E-state index contributed by atoms with van der Waals surface area (Å²) in [5, 5.41) is 13.6. The highest BCUT2D eigenvalue weighted by Crippen LogP contribution is 2.40. The maximum Gasteiger partial charge on any atom is 0.339 e. The van der Waals surface area contributed by atoms with Crippen LogP contribution < -0.4 is 64.7 Å². The molecule has 5 aliphatic heterocycles. The Morgan fingerprint density at radius 3 is 0.971 bits per heavy atom. The van der Waals surface area contributed by atoms with E-state index in [4.69, 9.17) is 47.4 Å². The molecule has 0 radical (unpaired) electrons. The Bertz CT molecular complexity index is 5880. The number of nitrogens with one attached hydrogen (secondary N) is 5. The molecule has 5 N–H and O–H groups in total. The quantitative estimate of drug-likeness (QED) is 0.0371. The summed E-state index contributed by atoms with van der Waals surface area (Å²) in [6.07, 6.45) is 39.5. The molecule has 0 spiro atoms. The van der Waals surface area contributed by atoms with Crippen molar-refractivity contribution in [3.05, 3.63) is 177 Å². The normalized spacial score (nSPS) is 21.5. The first-order valence-corrected chi connectivity index (χ1v) is 47.8. The minimum absolute atomic E-state index is 0.0448. The number of morpholine rings is 5. The number of anilines is 8. The minimum atomic E-state index is -0.383. The summed E-state index contributed by atoms with van der Waals surface area (Å²) in [7, 11) is 4.84. The first kappa shape index (κ1) is 93.1. The Hall–Kier alpha value is -13.4. The number of ether oxygens (including phenoxy) is 10.